The maximum Gasteiger partial charge on any atom is 0.573 e. The highest BCUT2D eigenvalue weighted by Gasteiger charge is 2.34. The molecule has 9 heteroatoms. The Hall–Kier alpha value is -0.580. The molecule has 1 aromatic rings. The van der Waals surface area contributed by atoms with Gasteiger partial charge in [-0.15, -0.1) is 13.2 Å². The maximum atomic E-state index is 12.0. The van der Waals surface area contributed by atoms with E-state index in [1.165, 1.54) is 0 Å². The topological polar surface area (TPSA) is 65.2 Å². The Kier molecular flexibility index (Phi) is 3.99. The van der Waals surface area contributed by atoms with E-state index in [2.05, 4.69) is 25.7 Å². The SMILES string of the molecule is NC(=O)c1cnc(I)c(OC(F)(F)F)c1Br. The number of hydrogen-bond acceptors (Lipinski definition) is 3. The van der Waals surface area contributed by atoms with E-state index in [0.29, 0.717) is 0 Å². The summed E-state index contributed by atoms with van der Waals surface area (Å²) >= 11 is 4.36. The Morgan fingerprint density at radius 2 is 2.12 bits per heavy atom. The molecule has 88 valence electrons. The van der Waals surface area contributed by atoms with Crippen LogP contribution in [0.25, 0.3) is 0 Å². The highest BCUT2D eigenvalue weighted by Crippen LogP contribution is 2.35. The molecule has 0 radical (unpaired) electrons. The van der Waals surface area contributed by atoms with Crippen molar-refractivity contribution in [3.63, 3.8) is 0 Å². The molecule has 1 rings (SSSR count). The summed E-state index contributed by atoms with van der Waals surface area (Å²) in [6.07, 6.45) is -3.79. The third kappa shape index (κ3) is 3.20. The average Bonchev–Trinajstić information content (AvgIpc) is 2.10. The fourth-order valence-electron chi connectivity index (χ4n) is 0.824. The molecule has 4 nitrogen and oxygen atoms in total. The normalized spacial score (nSPS) is 11.3. The minimum absolute atomic E-state index is 0.0354. The van der Waals surface area contributed by atoms with Crippen molar-refractivity contribution in [2.45, 2.75) is 6.36 Å². The van der Waals surface area contributed by atoms with Gasteiger partial charge in [-0.05, 0) is 38.5 Å². The summed E-state index contributed by atoms with van der Waals surface area (Å²) in [7, 11) is 0. The van der Waals surface area contributed by atoms with E-state index >= 15 is 0 Å². The minimum Gasteiger partial charge on any atom is -0.402 e. The molecular weight excluding hydrogens is 408 g/mol. The number of primary amides is 1. The Labute approximate surface area is 110 Å². The molecular formula is C7H3BrF3IN2O2. The van der Waals surface area contributed by atoms with Crippen molar-refractivity contribution in [2.75, 3.05) is 0 Å². The smallest absolute Gasteiger partial charge is 0.402 e. The van der Waals surface area contributed by atoms with Crippen LogP contribution in [0.1, 0.15) is 10.4 Å². The molecule has 1 aromatic heterocycles. The number of nitrogens with zero attached hydrogens (tertiary/aromatic N) is 1. The molecule has 1 heterocycles. The van der Waals surface area contributed by atoms with Crippen LogP contribution in [0.3, 0.4) is 0 Å². The monoisotopic (exact) mass is 410 g/mol. The Morgan fingerprint density at radius 1 is 1.56 bits per heavy atom. The van der Waals surface area contributed by atoms with Crippen molar-refractivity contribution in [2.24, 2.45) is 5.73 Å². The van der Waals surface area contributed by atoms with Gasteiger partial charge in [0.2, 0.25) is 0 Å². The summed E-state index contributed by atoms with van der Waals surface area (Å²) in [6, 6.07) is 0. The summed E-state index contributed by atoms with van der Waals surface area (Å²) in [4.78, 5) is 14.4. The summed E-state index contributed by atoms with van der Waals surface area (Å²) < 4.78 is 39.7. The molecule has 1 amide bonds. The van der Waals surface area contributed by atoms with Crippen molar-refractivity contribution in [3.8, 4) is 5.75 Å². The van der Waals surface area contributed by atoms with E-state index in [0.717, 1.165) is 6.20 Å². The van der Waals surface area contributed by atoms with Crippen LogP contribution in [0.2, 0.25) is 0 Å². The first-order chi connectivity index (χ1) is 7.22. The molecule has 0 aliphatic heterocycles. The number of halogens is 5. The van der Waals surface area contributed by atoms with Gasteiger partial charge in [0.25, 0.3) is 5.91 Å². The second-order valence-electron chi connectivity index (χ2n) is 2.52. The number of alkyl halides is 3. The fraction of sp³-hybridized carbons (Fsp3) is 0.143. The summed E-state index contributed by atoms with van der Waals surface area (Å²) in [5.74, 6) is -1.48. The van der Waals surface area contributed by atoms with E-state index in [1.807, 2.05) is 0 Å². The lowest BCUT2D eigenvalue weighted by Crippen LogP contribution is -2.20. The predicted octanol–water partition coefficient (Wildman–Crippen LogP) is 2.45. The van der Waals surface area contributed by atoms with Crippen molar-refractivity contribution < 1.29 is 22.7 Å². The molecule has 0 saturated heterocycles. The van der Waals surface area contributed by atoms with E-state index in [1.54, 1.807) is 22.6 Å². The molecule has 0 spiro atoms. The van der Waals surface area contributed by atoms with E-state index in [4.69, 9.17) is 5.73 Å². The van der Waals surface area contributed by atoms with Gasteiger partial charge in [-0.3, -0.25) is 4.79 Å². The molecule has 0 aromatic carbocycles. The van der Waals surface area contributed by atoms with Gasteiger partial charge in [-0.25, -0.2) is 4.98 Å². The van der Waals surface area contributed by atoms with Crippen molar-refractivity contribution in [3.05, 3.63) is 19.9 Å². The number of pyridine rings is 1. The number of rotatable bonds is 2. The number of hydrogen-bond donors (Lipinski definition) is 1. The van der Waals surface area contributed by atoms with Crippen LogP contribution in [0, 0.1) is 3.70 Å². The molecule has 0 saturated carbocycles. The van der Waals surface area contributed by atoms with E-state index in [-0.39, 0.29) is 13.7 Å². The zero-order chi connectivity index (χ0) is 12.5. The Bertz CT molecular complexity index is 438. The number of nitrogens with two attached hydrogens (primary N) is 1. The Morgan fingerprint density at radius 3 is 2.56 bits per heavy atom. The van der Waals surface area contributed by atoms with Gasteiger partial charge < -0.3 is 10.5 Å². The van der Waals surface area contributed by atoms with Crippen LogP contribution in [0.5, 0.6) is 5.75 Å². The average molecular weight is 411 g/mol. The van der Waals surface area contributed by atoms with E-state index in [9.17, 15) is 18.0 Å². The minimum atomic E-state index is -4.86. The van der Waals surface area contributed by atoms with Crippen molar-refractivity contribution in [1.82, 2.24) is 4.98 Å². The molecule has 16 heavy (non-hydrogen) atoms. The lowest BCUT2D eigenvalue weighted by atomic mass is 10.3. The number of ether oxygens (including phenoxy) is 1. The summed E-state index contributed by atoms with van der Waals surface area (Å²) in [6.45, 7) is 0. The van der Waals surface area contributed by atoms with Gasteiger partial charge >= 0.3 is 6.36 Å². The standard InChI is InChI=1S/C7H3BrF3IN2O2/c8-3-2(6(13)15)1-14-5(12)4(3)16-7(9,10)11/h1H,(H2,13,15). The zero-order valence-corrected chi connectivity index (χ0v) is 11.1. The van der Waals surface area contributed by atoms with Crippen molar-refractivity contribution in [1.29, 1.82) is 0 Å². The third-order valence-electron chi connectivity index (χ3n) is 1.41. The predicted molar refractivity (Wildman–Crippen MR) is 59.9 cm³/mol. The van der Waals surface area contributed by atoms with Crippen LogP contribution >= 0.6 is 38.5 Å². The molecule has 2 N–H and O–H groups in total. The highest BCUT2D eigenvalue weighted by atomic mass is 127. The first-order valence-electron chi connectivity index (χ1n) is 3.62. The van der Waals surface area contributed by atoms with Gasteiger partial charge in [0.15, 0.2) is 5.75 Å². The second kappa shape index (κ2) is 4.73. The number of carbonyl (C=O) groups is 1. The maximum absolute atomic E-state index is 12.0. The van der Waals surface area contributed by atoms with Gasteiger partial charge in [-0.2, -0.15) is 0 Å². The highest BCUT2D eigenvalue weighted by molar-refractivity contribution is 14.1. The van der Waals surface area contributed by atoms with Gasteiger partial charge in [0.05, 0.1) is 10.0 Å². The fourth-order valence-corrected chi connectivity index (χ4v) is 2.28. The summed E-state index contributed by atoms with van der Waals surface area (Å²) in [5.41, 5.74) is 4.77. The molecule has 0 atom stereocenters. The molecule has 0 aliphatic carbocycles. The molecule has 0 unspecified atom stereocenters. The lowest BCUT2D eigenvalue weighted by molar-refractivity contribution is -0.275. The van der Waals surface area contributed by atoms with Crippen LogP contribution in [-0.4, -0.2) is 17.3 Å². The first-order valence-corrected chi connectivity index (χ1v) is 5.49. The molecule has 0 bridgehead atoms. The second-order valence-corrected chi connectivity index (χ2v) is 4.33. The molecule has 0 fully saturated rings. The van der Waals surface area contributed by atoms with Gasteiger partial charge in [0, 0.05) is 6.20 Å². The largest absolute Gasteiger partial charge is 0.573 e. The summed E-state index contributed by atoms with van der Waals surface area (Å²) in [5, 5.41) is 0. The Balaban J connectivity index is 3.27. The van der Waals surface area contributed by atoms with Crippen LogP contribution in [0.4, 0.5) is 13.2 Å². The number of aromatic nitrogens is 1. The van der Waals surface area contributed by atoms with Crippen LogP contribution < -0.4 is 10.5 Å². The number of amides is 1. The quantitative estimate of drug-likeness (QED) is 0.601. The van der Waals surface area contributed by atoms with Crippen molar-refractivity contribution >= 4 is 44.4 Å². The zero-order valence-electron chi connectivity index (χ0n) is 7.31. The first kappa shape index (κ1) is 13.5. The van der Waals surface area contributed by atoms with Crippen LogP contribution in [0.15, 0.2) is 10.7 Å². The number of carbonyl (C=O) groups excluding carboxylic acids is 1. The van der Waals surface area contributed by atoms with Gasteiger partial charge in [-0.1, -0.05) is 0 Å². The van der Waals surface area contributed by atoms with E-state index < -0.39 is 18.0 Å². The molecule has 0 aliphatic rings. The van der Waals surface area contributed by atoms with Gasteiger partial charge in [0.1, 0.15) is 3.70 Å². The van der Waals surface area contributed by atoms with Crippen LogP contribution in [-0.2, 0) is 0 Å². The third-order valence-corrected chi connectivity index (χ3v) is 2.97. The lowest BCUT2D eigenvalue weighted by Gasteiger charge is -2.12.